The van der Waals surface area contributed by atoms with Crippen LogP contribution >= 0.6 is 12.4 Å². The Bertz CT molecular complexity index is 504. The van der Waals surface area contributed by atoms with Crippen LogP contribution in [0, 0.1) is 18.8 Å². The van der Waals surface area contributed by atoms with Gasteiger partial charge in [0, 0.05) is 18.4 Å². The van der Waals surface area contributed by atoms with Crippen LogP contribution in [0.2, 0.25) is 0 Å². The maximum atomic E-state index is 12.4. The molecular formula is C14H24ClN5O. The summed E-state index contributed by atoms with van der Waals surface area (Å²) in [6.45, 7) is 3.26. The van der Waals surface area contributed by atoms with Crippen LogP contribution < -0.4 is 11.1 Å². The summed E-state index contributed by atoms with van der Waals surface area (Å²) in [5, 5.41) is 7.56. The Labute approximate surface area is 131 Å². The summed E-state index contributed by atoms with van der Waals surface area (Å²) in [4.78, 5) is 16.8. The Morgan fingerprint density at radius 3 is 3.00 bits per heavy atom. The van der Waals surface area contributed by atoms with Crippen molar-refractivity contribution in [3.63, 3.8) is 0 Å². The molecule has 21 heavy (non-hydrogen) atoms. The van der Waals surface area contributed by atoms with Gasteiger partial charge in [0.2, 0.25) is 5.91 Å². The molecule has 2 heterocycles. The molecule has 0 radical (unpaired) electrons. The van der Waals surface area contributed by atoms with Gasteiger partial charge in [0.1, 0.15) is 11.6 Å². The number of carbonyl (C=O) groups excluding carboxylic acids is 1. The number of amides is 1. The number of halogens is 1. The van der Waals surface area contributed by atoms with Crippen molar-refractivity contribution in [2.75, 3.05) is 6.54 Å². The Morgan fingerprint density at radius 1 is 1.43 bits per heavy atom. The number of aromatic nitrogens is 3. The molecule has 1 aromatic heterocycles. The zero-order valence-electron chi connectivity index (χ0n) is 12.4. The fraction of sp³-hybridized carbons (Fsp3) is 0.786. The quantitative estimate of drug-likeness (QED) is 0.865. The second-order valence-electron chi connectivity index (χ2n) is 6.03. The molecule has 6 nitrogen and oxygen atoms in total. The molecule has 1 unspecified atom stereocenters. The maximum absolute atomic E-state index is 12.4. The lowest BCUT2D eigenvalue weighted by molar-refractivity contribution is -0.126. The lowest BCUT2D eigenvalue weighted by Gasteiger charge is -2.26. The van der Waals surface area contributed by atoms with E-state index in [1.807, 2.05) is 11.6 Å². The molecule has 1 aliphatic carbocycles. The molecule has 3 atom stereocenters. The topological polar surface area (TPSA) is 85.8 Å². The number of rotatable bonds is 3. The van der Waals surface area contributed by atoms with Gasteiger partial charge in [-0.2, -0.15) is 5.10 Å². The van der Waals surface area contributed by atoms with E-state index in [-0.39, 0.29) is 30.3 Å². The number of nitrogens with zero attached hydrogens (tertiary/aromatic N) is 3. The fourth-order valence-corrected chi connectivity index (χ4v) is 3.52. The van der Waals surface area contributed by atoms with Gasteiger partial charge in [-0.05, 0) is 38.6 Å². The van der Waals surface area contributed by atoms with Gasteiger partial charge < -0.3 is 11.1 Å². The van der Waals surface area contributed by atoms with Crippen LogP contribution in [0.1, 0.15) is 37.3 Å². The molecule has 1 aliphatic heterocycles. The number of nitrogens with two attached hydrogens (primary N) is 1. The van der Waals surface area contributed by atoms with Crippen molar-refractivity contribution >= 4 is 18.3 Å². The van der Waals surface area contributed by atoms with Gasteiger partial charge in [0.05, 0.1) is 6.54 Å². The number of hydrogen-bond donors (Lipinski definition) is 2. The average Bonchev–Trinajstić information content (AvgIpc) is 3.02. The summed E-state index contributed by atoms with van der Waals surface area (Å²) < 4.78 is 1.93. The van der Waals surface area contributed by atoms with E-state index in [2.05, 4.69) is 15.4 Å². The largest absolute Gasteiger partial charge is 0.351 e. The first-order valence-electron chi connectivity index (χ1n) is 7.58. The maximum Gasteiger partial charge on any atom is 0.223 e. The lowest BCUT2D eigenvalue weighted by atomic mass is 9.94. The number of fused-ring (bicyclic) bond motifs is 1. The van der Waals surface area contributed by atoms with Crippen LogP contribution in [0.4, 0.5) is 0 Å². The molecule has 2 aliphatic rings. The van der Waals surface area contributed by atoms with Gasteiger partial charge in [-0.1, -0.05) is 6.42 Å². The van der Waals surface area contributed by atoms with Crippen LogP contribution in [0.25, 0.3) is 0 Å². The summed E-state index contributed by atoms with van der Waals surface area (Å²) in [5.41, 5.74) is 5.76. The summed E-state index contributed by atoms with van der Waals surface area (Å²) in [7, 11) is 0. The number of carbonyl (C=O) groups is 1. The monoisotopic (exact) mass is 313 g/mol. The molecule has 3 rings (SSSR count). The molecule has 1 aromatic rings. The van der Waals surface area contributed by atoms with Crippen molar-refractivity contribution < 1.29 is 4.79 Å². The predicted octanol–water partition coefficient (Wildman–Crippen LogP) is 0.814. The third kappa shape index (κ3) is 3.37. The first-order valence-corrected chi connectivity index (χ1v) is 7.58. The van der Waals surface area contributed by atoms with Crippen molar-refractivity contribution in [3.05, 3.63) is 11.6 Å². The van der Waals surface area contributed by atoms with Crippen molar-refractivity contribution in [2.45, 2.75) is 51.6 Å². The zero-order chi connectivity index (χ0) is 14.1. The summed E-state index contributed by atoms with van der Waals surface area (Å²) in [6.07, 6.45) is 5.03. The van der Waals surface area contributed by atoms with Crippen molar-refractivity contribution in [3.8, 4) is 0 Å². The Balaban J connectivity index is 0.00000161. The van der Waals surface area contributed by atoms with E-state index in [9.17, 15) is 4.79 Å². The summed E-state index contributed by atoms with van der Waals surface area (Å²) in [5.74, 6) is 2.50. The molecular weight excluding hydrogens is 290 g/mol. The smallest absolute Gasteiger partial charge is 0.223 e. The molecule has 3 N–H and O–H groups in total. The minimum Gasteiger partial charge on any atom is -0.351 e. The number of nitrogens with one attached hydrogen (secondary N) is 1. The third-order valence-corrected chi connectivity index (χ3v) is 4.61. The van der Waals surface area contributed by atoms with Crippen LogP contribution in [0.5, 0.6) is 0 Å². The molecule has 0 aromatic carbocycles. The second-order valence-corrected chi connectivity index (χ2v) is 6.03. The first kappa shape index (κ1) is 16.2. The first-order chi connectivity index (χ1) is 9.67. The number of hydrogen-bond acceptors (Lipinski definition) is 4. The van der Waals surface area contributed by atoms with Crippen molar-refractivity contribution in [1.82, 2.24) is 20.1 Å². The van der Waals surface area contributed by atoms with E-state index in [0.29, 0.717) is 12.5 Å². The Morgan fingerprint density at radius 2 is 2.24 bits per heavy atom. The average molecular weight is 314 g/mol. The van der Waals surface area contributed by atoms with Gasteiger partial charge >= 0.3 is 0 Å². The van der Waals surface area contributed by atoms with Gasteiger partial charge in [0.25, 0.3) is 0 Å². The van der Waals surface area contributed by atoms with Gasteiger partial charge in [-0.3, -0.25) is 4.79 Å². The highest BCUT2D eigenvalue weighted by Crippen LogP contribution is 2.31. The van der Waals surface area contributed by atoms with E-state index in [4.69, 9.17) is 5.73 Å². The standard InChI is InChI=1S/C14H23N5O.ClH/c1-9-16-13-6-5-11(8-19(13)18-9)17-14(20)12-4-2-3-10(12)7-15;/h10-12H,2-8,15H2,1H3,(H,17,20);1H/t10-,11?,12-;/m1./s1. The minimum atomic E-state index is 0. The Kier molecular flexibility index (Phi) is 5.22. The van der Waals surface area contributed by atoms with Crippen LogP contribution in [0.3, 0.4) is 0 Å². The van der Waals surface area contributed by atoms with Gasteiger partial charge in [-0.25, -0.2) is 9.67 Å². The van der Waals surface area contributed by atoms with Gasteiger partial charge in [-0.15, -0.1) is 12.4 Å². The normalized spacial score (nSPS) is 27.8. The van der Waals surface area contributed by atoms with Crippen LogP contribution in [-0.2, 0) is 17.8 Å². The van der Waals surface area contributed by atoms with Gasteiger partial charge in [0.15, 0.2) is 0 Å². The highest BCUT2D eigenvalue weighted by Gasteiger charge is 2.33. The van der Waals surface area contributed by atoms with Crippen LogP contribution in [-0.4, -0.2) is 33.3 Å². The summed E-state index contributed by atoms with van der Waals surface area (Å²) >= 11 is 0. The van der Waals surface area contributed by atoms with E-state index >= 15 is 0 Å². The lowest BCUT2D eigenvalue weighted by Crippen LogP contribution is -2.45. The molecule has 0 saturated heterocycles. The highest BCUT2D eigenvalue weighted by molar-refractivity contribution is 5.85. The highest BCUT2D eigenvalue weighted by atomic mass is 35.5. The minimum absolute atomic E-state index is 0. The van der Waals surface area contributed by atoms with E-state index in [0.717, 1.165) is 50.3 Å². The van der Waals surface area contributed by atoms with E-state index in [1.165, 1.54) is 0 Å². The SMILES string of the molecule is Cc1nc2n(n1)CC(NC(=O)[C@@H]1CCC[C@@H]1CN)CC2.Cl. The van der Waals surface area contributed by atoms with Crippen LogP contribution in [0.15, 0.2) is 0 Å². The zero-order valence-corrected chi connectivity index (χ0v) is 13.2. The molecule has 1 fully saturated rings. The molecule has 118 valence electrons. The third-order valence-electron chi connectivity index (χ3n) is 4.61. The molecule has 1 amide bonds. The fourth-order valence-electron chi connectivity index (χ4n) is 3.52. The molecule has 7 heteroatoms. The summed E-state index contributed by atoms with van der Waals surface area (Å²) in [6, 6.07) is 0.176. The predicted molar refractivity (Wildman–Crippen MR) is 82.1 cm³/mol. The molecule has 1 saturated carbocycles. The molecule has 0 spiro atoms. The van der Waals surface area contributed by atoms with E-state index in [1.54, 1.807) is 0 Å². The van der Waals surface area contributed by atoms with Crippen molar-refractivity contribution in [2.24, 2.45) is 17.6 Å². The van der Waals surface area contributed by atoms with E-state index < -0.39 is 0 Å². The second kappa shape index (κ2) is 6.75. The number of aryl methyl sites for hydroxylation is 2. The molecule has 0 bridgehead atoms. The van der Waals surface area contributed by atoms with Crippen molar-refractivity contribution in [1.29, 1.82) is 0 Å². The Hall–Kier alpha value is -1.14.